The van der Waals surface area contributed by atoms with Crippen molar-refractivity contribution in [3.63, 3.8) is 0 Å². The molecule has 1 saturated carbocycles. The fraction of sp³-hybridized carbons (Fsp3) is 1.00. The van der Waals surface area contributed by atoms with E-state index in [9.17, 15) is 0 Å². The van der Waals surface area contributed by atoms with Crippen LogP contribution in [0.15, 0.2) is 0 Å². The first-order valence-corrected chi connectivity index (χ1v) is 4.25. The largest absolute Gasteiger partial charge is 0.325 e. The summed E-state index contributed by atoms with van der Waals surface area (Å²) in [5, 5.41) is 0. The molecule has 0 aromatic carbocycles. The molecule has 58 valence electrons. The fourth-order valence-electron chi connectivity index (χ4n) is 2.01. The van der Waals surface area contributed by atoms with Crippen LogP contribution in [0.1, 0.15) is 19.8 Å². The minimum absolute atomic E-state index is 0.482. The number of nitrogens with zero attached hydrogens (tertiary/aromatic N) is 1. The van der Waals surface area contributed by atoms with Crippen LogP contribution in [-0.2, 0) is 0 Å². The molecule has 2 fully saturated rings. The molecular weight excluding hydrogens is 124 g/mol. The van der Waals surface area contributed by atoms with Gasteiger partial charge in [-0.1, -0.05) is 6.92 Å². The van der Waals surface area contributed by atoms with Crippen molar-refractivity contribution >= 4 is 0 Å². The lowest BCUT2D eigenvalue weighted by Gasteiger charge is -2.49. The van der Waals surface area contributed by atoms with E-state index < -0.39 is 0 Å². The second-order valence-electron chi connectivity index (χ2n) is 3.94. The molecule has 0 radical (unpaired) electrons. The van der Waals surface area contributed by atoms with E-state index in [1.807, 2.05) is 0 Å². The third kappa shape index (κ3) is 0.956. The van der Waals surface area contributed by atoms with E-state index in [4.69, 9.17) is 5.73 Å². The quantitative estimate of drug-likeness (QED) is 0.572. The van der Waals surface area contributed by atoms with E-state index in [0.717, 1.165) is 25.0 Å². The SMILES string of the molecule is CC1CC(N2CC(N)C2)C1. The van der Waals surface area contributed by atoms with Crippen molar-refractivity contribution in [1.82, 2.24) is 4.90 Å². The van der Waals surface area contributed by atoms with Crippen molar-refractivity contribution < 1.29 is 0 Å². The van der Waals surface area contributed by atoms with Gasteiger partial charge >= 0.3 is 0 Å². The Morgan fingerprint density at radius 3 is 2.30 bits per heavy atom. The van der Waals surface area contributed by atoms with E-state index in [0.29, 0.717) is 6.04 Å². The van der Waals surface area contributed by atoms with E-state index in [-0.39, 0.29) is 0 Å². The number of nitrogens with two attached hydrogens (primary N) is 1. The molecule has 1 heterocycles. The molecule has 2 aliphatic rings. The first kappa shape index (κ1) is 6.62. The lowest BCUT2D eigenvalue weighted by Crippen LogP contribution is -2.61. The second kappa shape index (κ2) is 2.21. The molecule has 1 saturated heterocycles. The predicted molar refractivity (Wildman–Crippen MR) is 41.7 cm³/mol. The van der Waals surface area contributed by atoms with Crippen LogP contribution in [0.4, 0.5) is 0 Å². The van der Waals surface area contributed by atoms with Crippen LogP contribution in [0.5, 0.6) is 0 Å². The normalized spacial score (nSPS) is 42.6. The molecule has 2 rings (SSSR count). The Bertz CT molecular complexity index is 107. The molecule has 0 atom stereocenters. The van der Waals surface area contributed by atoms with Crippen LogP contribution in [0.25, 0.3) is 0 Å². The molecule has 0 aromatic heterocycles. The third-order valence-electron chi connectivity index (χ3n) is 2.80. The molecule has 1 aliphatic heterocycles. The van der Waals surface area contributed by atoms with E-state index in [1.165, 1.54) is 12.8 Å². The van der Waals surface area contributed by atoms with E-state index in [2.05, 4.69) is 11.8 Å². The maximum atomic E-state index is 5.68. The standard InChI is InChI=1S/C8H16N2/c1-6-2-8(3-6)10-4-7(9)5-10/h6-8H,2-5,9H2,1H3. The van der Waals surface area contributed by atoms with Gasteiger partial charge in [0.15, 0.2) is 0 Å². The van der Waals surface area contributed by atoms with E-state index >= 15 is 0 Å². The van der Waals surface area contributed by atoms with Crippen LogP contribution in [0, 0.1) is 5.92 Å². The van der Waals surface area contributed by atoms with Crippen LogP contribution in [0.2, 0.25) is 0 Å². The average molecular weight is 140 g/mol. The Morgan fingerprint density at radius 2 is 1.90 bits per heavy atom. The summed E-state index contributed by atoms with van der Waals surface area (Å²) in [5.41, 5.74) is 5.68. The Hall–Kier alpha value is -0.0800. The van der Waals surface area contributed by atoms with Crippen molar-refractivity contribution in [2.24, 2.45) is 11.7 Å². The maximum absolute atomic E-state index is 5.68. The van der Waals surface area contributed by atoms with Gasteiger partial charge in [0, 0.05) is 25.2 Å². The topological polar surface area (TPSA) is 29.3 Å². The highest BCUT2D eigenvalue weighted by atomic mass is 15.2. The number of likely N-dealkylation sites (tertiary alicyclic amines) is 1. The zero-order valence-electron chi connectivity index (χ0n) is 6.59. The Morgan fingerprint density at radius 1 is 1.30 bits per heavy atom. The summed E-state index contributed by atoms with van der Waals surface area (Å²) in [6.45, 7) is 4.63. The zero-order chi connectivity index (χ0) is 7.14. The van der Waals surface area contributed by atoms with Crippen molar-refractivity contribution in [2.45, 2.75) is 31.8 Å². The molecule has 0 aromatic rings. The van der Waals surface area contributed by atoms with Gasteiger partial charge in [-0.25, -0.2) is 0 Å². The van der Waals surface area contributed by atoms with Crippen LogP contribution in [0.3, 0.4) is 0 Å². The molecule has 10 heavy (non-hydrogen) atoms. The van der Waals surface area contributed by atoms with E-state index in [1.54, 1.807) is 0 Å². The van der Waals surface area contributed by atoms with Crippen molar-refractivity contribution in [3.8, 4) is 0 Å². The zero-order valence-corrected chi connectivity index (χ0v) is 6.59. The molecule has 0 bridgehead atoms. The minimum atomic E-state index is 0.482. The van der Waals surface area contributed by atoms with Gasteiger partial charge in [0.1, 0.15) is 0 Å². The molecule has 2 nitrogen and oxygen atoms in total. The smallest absolute Gasteiger partial charge is 0.0297 e. The van der Waals surface area contributed by atoms with Crippen LogP contribution < -0.4 is 5.73 Å². The third-order valence-corrected chi connectivity index (χ3v) is 2.80. The van der Waals surface area contributed by atoms with Gasteiger partial charge in [0.05, 0.1) is 0 Å². The van der Waals surface area contributed by atoms with Crippen molar-refractivity contribution in [2.75, 3.05) is 13.1 Å². The number of hydrogen-bond acceptors (Lipinski definition) is 2. The average Bonchev–Trinajstić information content (AvgIpc) is 1.74. The van der Waals surface area contributed by atoms with Gasteiger partial charge in [0.25, 0.3) is 0 Å². The lowest BCUT2D eigenvalue weighted by molar-refractivity contribution is 0.0234. The Labute approximate surface area is 62.4 Å². The Kier molecular flexibility index (Phi) is 1.46. The monoisotopic (exact) mass is 140 g/mol. The summed E-state index contributed by atoms with van der Waals surface area (Å²) in [5.74, 6) is 0.974. The summed E-state index contributed by atoms with van der Waals surface area (Å²) in [4.78, 5) is 2.52. The van der Waals surface area contributed by atoms with Gasteiger partial charge in [0.2, 0.25) is 0 Å². The fourth-order valence-corrected chi connectivity index (χ4v) is 2.01. The number of rotatable bonds is 1. The predicted octanol–water partition coefficient (Wildman–Crippen LogP) is 0.428. The van der Waals surface area contributed by atoms with Crippen LogP contribution in [-0.4, -0.2) is 30.1 Å². The van der Waals surface area contributed by atoms with Gasteiger partial charge in [-0.15, -0.1) is 0 Å². The summed E-state index contributed by atoms with van der Waals surface area (Å²) in [6, 6.07) is 1.38. The molecule has 2 heteroatoms. The van der Waals surface area contributed by atoms with Gasteiger partial charge in [-0.2, -0.15) is 0 Å². The molecule has 0 amide bonds. The molecule has 1 aliphatic carbocycles. The second-order valence-corrected chi connectivity index (χ2v) is 3.94. The number of hydrogen-bond donors (Lipinski definition) is 1. The van der Waals surface area contributed by atoms with Crippen molar-refractivity contribution in [3.05, 3.63) is 0 Å². The highest BCUT2D eigenvalue weighted by molar-refractivity contribution is 4.93. The summed E-state index contributed by atoms with van der Waals surface area (Å²) in [7, 11) is 0. The molecule has 2 N–H and O–H groups in total. The summed E-state index contributed by atoms with van der Waals surface area (Å²) in [6.07, 6.45) is 2.82. The van der Waals surface area contributed by atoms with Crippen LogP contribution >= 0.6 is 0 Å². The van der Waals surface area contributed by atoms with Gasteiger partial charge in [-0.3, -0.25) is 4.90 Å². The first-order chi connectivity index (χ1) is 4.75. The highest BCUT2D eigenvalue weighted by Crippen LogP contribution is 2.33. The summed E-state index contributed by atoms with van der Waals surface area (Å²) >= 11 is 0. The molecule has 0 spiro atoms. The Balaban J connectivity index is 1.72. The van der Waals surface area contributed by atoms with Gasteiger partial charge in [-0.05, 0) is 18.8 Å². The maximum Gasteiger partial charge on any atom is 0.0297 e. The first-order valence-electron chi connectivity index (χ1n) is 4.25. The van der Waals surface area contributed by atoms with Gasteiger partial charge < -0.3 is 5.73 Å². The molecular formula is C8H16N2. The lowest BCUT2D eigenvalue weighted by atomic mass is 9.79. The highest BCUT2D eigenvalue weighted by Gasteiger charge is 2.36. The minimum Gasteiger partial charge on any atom is -0.325 e. The molecule has 0 unspecified atom stereocenters. The summed E-state index contributed by atoms with van der Waals surface area (Å²) < 4.78 is 0. The van der Waals surface area contributed by atoms with Crippen molar-refractivity contribution in [1.29, 1.82) is 0 Å².